The van der Waals surface area contributed by atoms with Gasteiger partial charge >= 0.3 is 0 Å². The van der Waals surface area contributed by atoms with Crippen molar-refractivity contribution in [3.05, 3.63) is 30.1 Å². The molecule has 0 spiro atoms. The maximum absolute atomic E-state index is 13.5. The van der Waals surface area contributed by atoms with Gasteiger partial charge in [-0.15, -0.1) is 0 Å². The van der Waals surface area contributed by atoms with Crippen LogP contribution in [0, 0.1) is 11.7 Å². The molecular formula is C16H22FNO2. The van der Waals surface area contributed by atoms with Crippen molar-refractivity contribution in [2.75, 3.05) is 0 Å². The van der Waals surface area contributed by atoms with Crippen LogP contribution in [-0.4, -0.2) is 18.1 Å². The van der Waals surface area contributed by atoms with E-state index >= 15 is 0 Å². The Bertz CT molecular complexity index is 464. The highest BCUT2D eigenvalue weighted by Gasteiger charge is 2.25. The summed E-state index contributed by atoms with van der Waals surface area (Å²) < 4.78 is 18.9. The third-order valence-electron chi connectivity index (χ3n) is 3.95. The lowest BCUT2D eigenvalue weighted by Crippen LogP contribution is -2.46. The molecule has 1 saturated carbocycles. The van der Waals surface area contributed by atoms with Crippen LogP contribution >= 0.6 is 0 Å². The van der Waals surface area contributed by atoms with Gasteiger partial charge in [0.05, 0.1) is 0 Å². The number of rotatable bonds is 4. The second-order valence-corrected chi connectivity index (χ2v) is 5.57. The van der Waals surface area contributed by atoms with Crippen molar-refractivity contribution in [2.24, 2.45) is 5.92 Å². The molecule has 1 aromatic carbocycles. The number of amides is 1. The van der Waals surface area contributed by atoms with Gasteiger partial charge in [-0.2, -0.15) is 0 Å². The molecule has 1 aliphatic carbocycles. The average molecular weight is 279 g/mol. The van der Waals surface area contributed by atoms with Crippen molar-refractivity contribution >= 4 is 5.91 Å². The van der Waals surface area contributed by atoms with Crippen molar-refractivity contribution in [3.63, 3.8) is 0 Å². The van der Waals surface area contributed by atoms with E-state index in [-0.39, 0.29) is 17.7 Å². The molecule has 1 fully saturated rings. The summed E-state index contributed by atoms with van der Waals surface area (Å²) in [7, 11) is 0. The van der Waals surface area contributed by atoms with E-state index in [4.69, 9.17) is 4.74 Å². The molecule has 1 aromatic rings. The van der Waals surface area contributed by atoms with Gasteiger partial charge in [-0.25, -0.2) is 4.39 Å². The van der Waals surface area contributed by atoms with Crippen LogP contribution in [0.5, 0.6) is 5.75 Å². The lowest BCUT2D eigenvalue weighted by Gasteiger charge is -2.30. The Morgan fingerprint density at radius 3 is 2.75 bits per heavy atom. The van der Waals surface area contributed by atoms with Crippen LogP contribution in [0.2, 0.25) is 0 Å². The second kappa shape index (κ2) is 6.73. The molecule has 1 amide bonds. The monoisotopic (exact) mass is 279 g/mol. The van der Waals surface area contributed by atoms with Gasteiger partial charge in [0, 0.05) is 6.04 Å². The molecule has 0 aromatic heterocycles. The fraction of sp³-hybridized carbons (Fsp3) is 0.562. The van der Waals surface area contributed by atoms with Gasteiger partial charge in [0.25, 0.3) is 5.91 Å². The van der Waals surface area contributed by atoms with Crippen LogP contribution in [0.3, 0.4) is 0 Å². The molecule has 1 N–H and O–H groups in total. The van der Waals surface area contributed by atoms with Crippen molar-refractivity contribution in [1.29, 1.82) is 0 Å². The average Bonchev–Trinajstić information content (AvgIpc) is 2.43. The summed E-state index contributed by atoms with van der Waals surface area (Å²) in [6, 6.07) is 6.34. The zero-order valence-corrected chi connectivity index (χ0v) is 12.1. The topological polar surface area (TPSA) is 38.3 Å². The molecule has 1 aliphatic rings. The molecule has 20 heavy (non-hydrogen) atoms. The lowest BCUT2D eigenvalue weighted by molar-refractivity contribution is -0.128. The van der Waals surface area contributed by atoms with E-state index in [0.29, 0.717) is 5.92 Å². The number of hydrogen-bond donors (Lipinski definition) is 1. The summed E-state index contributed by atoms with van der Waals surface area (Å²) in [5, 5.41) is 3.02. The fourth-order valence-electron chi connectivity index (χ4n) is 2.62. The van der Waals surface area contributed by atoms with Gasteiger partial charge in [0.2, 0.25) is 0 Å². The number of carbonyl (C=O) groups excluding carboxylic acids is 1. The van der Waals surface area contributed by atoms with Gasteiger partial charge in [-0.3, -0.25) is 4.79 Å². The Balaban J connectivity index is 1.90. The van der Waals surface area contributed by atoms with Gasteiger partial charge < -0.3 is 10.1 Å². The summed E-state index contributed by atoms with van der Waals surface area (Å²) in [6.45, 7) is 3.81. The third kappa shape index (κ3) is 3.71. The highest BCUT2D eigenvalue weighted by molar-refractivity contribution is 5.81. The number of benzene rings is 1. The predicted molar refractivity (Wildman–Crippen MR) is 76.1 cm³/mol. The minimum Gasteiger partial charge on any atom is -0.478 e. The molecule has 4 heteroatoms. The Morgan fingerprint density at radius 2 is 2.05 bits per heavy atom. The highest BCUT2D eigenvalue weighted by Crippen LogP contribution is 2.24. The summed E-state index contributed by atoms with van der Waals surface area (Å²) in [4.78, 5) is 12.1. The predicted octanol–water partition coefficient (Wildman–Crippen LogP) is 3.29. The van der Waals surface area contributed by atoms with Crippen molar-refractivity contribution in [1.82, 2.24) is 5.32 Å². The maximum Gasteiger partial charge on any atom is 0.261 e. The van der Waals surface area contributed by atoms with E-state index in [0.717, 1.165) is 19.3 Å². The van der Waals surface area contributed by atoms with E-state index < -0.39 is 11.9 Å². The van der Waals surface area contributed by atoms with Crippen LogP contribution in [0.1, 0.15) is 39.5 Å². The first kappa shape index (κ1) is 14.8. The van der Waals surface area contributed by atoms with Gasteiger partial charge in [0.1, 0.15) is 0 Å². The molecule has 0 saturated heterocycles. The van der Waals surface area contributed by atoms with E-state index in [1.807, 2.05) is 0 Å². The van der Waals surface area contributed by atoms with E-state index in [1.165, 1.54) is 18.6 Å². The molecule has 0 bridgehead atoms. The van der Waals surface area contributed by atoms with Crippen LogP contribution in [0.4, 0.5) is 4.39 Å². The van der Waals surface area contributed by atoms with Crippen molar-refractivity contribution in [3.8, 4) is 5.75 Å². The van der Waals surface area contributed by atoms with Crippen molar-refractivity contribution < 1.29 is 13.9 Å². The van der Waals surface area contributed by atoms with Gasteiger partial charge in [-0.1, -0.05) is 31.9 Å². The highest BCUT2D eigenvalue weighted by atomic mass is 19.1. The first-order valence-corrected chi connectivity index (χ1v) is 7.29. The normalized spacial score (nSPS) is 23.9. The molecule has 2 rings (SSSR count). The van der Waals surface area contributed by atoms with E-state index in [9.17, 15) is 9.18 Å². The molecule has 0 radical (unpaired) electrons. The Kier molecular flexibility index (Phi) is 4.99. The zero-order valence-electron chi connectivity index (χ0n) is 12.1. The molecule has 0 unspecified atom stereocenters. The minimum atomic E-state index is -0.693. The lowest BCUT2D eigenvalue weighted by atomic mass is 9.86. The zero-order chi connectivity index (χ0) is 14.5. The molecule has 110 valence electrons. The molecule has 0 heterocycles. The standard InChI is InChI=1S/C16H22FNO2/c1-11-7-3-5-9-14(11)18-16(19)12(2)20-15-10-6-4-8-13(15)17/h4,6,8,10-12,14H,3,5,7,9H2,1-2H3,(H,18,19)/t11-,12-,14-/m1/s1. The maximum atomic E-state index is 13.5. The molecule has 3 atom stereocenters. The van der Waals surface area contributed by atoms with Crippen LogP contribution < -0.4 is 10.1 Å². The first-order chi connectivity index (χ1) is 9.58. The van der Waals surface area contributed by atoms with Gasteiger partial charge in [-0.05, 0) is 37.8 Å². The summed E-state index contributed by atoms with van der Waals surface area (Å²) in [5.41, 5.74) is 0. The summed E-state index contributed by atoms with van der Waals surface area (Å²) in [6.07, 6.45) is 3.85. The van der Waals surface area contributed by atoms with Gasteiger partial charge in [0.15, 0.2) is 17.7 Å². The number of halogens is 1. The molecular weight excluding hydrogens is 257 g/mol. The van der Waals surface area contributed by atoms with Crippen molar-refractivity contribution in [2.45, 2.75) is 51.7 Å². The van der Waals surface area contributed by atoms with Crippen LogP contribution in [0.15, 0.2) is 24.3 Å². The smallest absolute Gasteiger partial charge is 0.261 e. The number of nitrogens with one attached hydrogen (secondary N) is 1. The summed E-state index contributed by atoms with van der Waals surface area (Å²) >= 11 is 0. The number of hydrogen-bond acceptors (Lipinski definition) is 2. The Hall–Kier alpha value is -1.58. The largest absolute Gasteiger partial charge is 0.478 e. The molecule has 0 aliphatic heterocycles. The molecule has 3 nitrogen and oxygen atoms in total. The van der Waals surface area contributed by atoms with E-state index in [2.05, 4.69) is 12.2 Å². The number of carbonyl (C=O) groups is 1. The minimum absolute atomic E-state index is 0.117. The third-order valence-corrected chi connectivity index (χ3v) is 3.95. The quantitative estimate of drug-likeness (QED) is 0.918. The summed E-state index contributed by atoms with van der Waals surface area (Å²) in [5.74, 6) is -0.00890. The van der Waals surface area contributed by atoms with Crippen LogP contribution in [-0.2, 0) is 4.79 Å². The number of para-hydroxylation sites is 1. The Labute approximate surface area is 119 Å². The Morgan fingerprint density at radius 1 is 1.35 bits per heavy atom. The fourth-order valence-corrected chi connectivity index (χ4v) is 2.62. The van der Waals surface area contributed by atoms with E-state index in [1.54, 1.807) is 19.1 Å². The van der Waals surface area contributed by atoms with Crippen LogP contribution in [0.25, 0.3) is 0 Å². The second-order valence-electron chi connectivity index (χ2n) is 5.57. The SMILES string of the molecule is C[C@@H]1CCCC[C@H]1NC(=O)[C@@H](C)Oc1ccccc1F. The first-order valence-electron chi connectivity index (χ1n) is 7.29. The number of ether oxygens (including phenoxy) is 1.